The van der Waals surface area contributed by atoms with E-state index >= 15 is 14.4 Å². The largest absolute Gasteiger partial charge is 0.491 e. The van der Waals surface area contributed by atoms with Crippen LogP contribution in [0.25, 0.3) is 0 Å². The second kappa shape index (κ2) is 18.2. The molecule has 5 aromatic carbocycles. The first-order valence-electron chi connectivity index (χ1n) is 22.2. The molecule has 1 N–H and O–H groups in total. The van der Waals surface area contributed by atoms with Crippen LogP contribution in [0, 0.1) is 5.92 Å². The van der Waals surface area contributed by atoms with Gasteiger partial charge in [0.05, 0.1) is 36.9 Å². The normalized spacial score (nSPS) is 24.5. The molecule has 5 aromatic rings. The van der Waals surface area contributed by atoms with Gasteiger partial charge in [0.15, 0.2) is 11.5 Å². The van der Waals surface area contributed by atoms with Crippen LogP contribution >= 0.6 is 0 Å². The van der Waals surface area contributed by atoms with Crippen LogP contribution in [-0.4, -0.2) is 116 Å². The summed E-state index contributed by atoms with van der Waals surface area (Å²) in [6.07, 6.45) is -1.83. The molecule has 15 nitrogen and oxygen atoms in total. The number of cyclic esters (lactones) is 1. The second-order valence-corrected chi connectivity index (χ2v) is 16.9. The van der Waals surface area contributed by atoms with Crippen LogP contribution in [0.3, 0.4) is 0 Å². The van der Waals surface area contributed by atoms with Gasteiger partial charge in [-0.2, -0.15) is 0 Å². The number of aliphatic hydroxyl groups is 1. The van der Waals surface area contributed by atoms with E-state index in [2.05, 4.69) is 4.90 Å². The summed E-state index contributed by atoms with van der Waals surface area (Å²) >= 11 is 0. The van der Waals surface area contributed by atoms with Crippen molar-refractivity contribution in [3.8, 4) is 17.2 Å². The predicted octanol–water partition coefficient (Wildman–Crippen LogP) is 5.58. The minimum Gasteiger partial charge on any atom is -0.491 e. The Kier molecular flexibility index (Phi) is 11.9. The highest BCUT2D eigenvalue weighted by atomic mass is 16.7. The average molecular weight is 895 g/mol. The number of carbonyl (C=O) groups is 4. The molecule has 3 fully saturated rings. The lowest BCUT2D eigenvalue weighted by molar-refractivity contribution is -0.179. The molecule has 10 rings (SSSR count). The first kappa shape index (κ1) is 43.1. The van der Waals surface area contributed by atoms with E-state index in [0.29, 0.717) is 66.7 Å². The number of aliphatic hydroxyl groups excluding tert-OH is 1. The summed E-state index contributed by atoms with van der Waals surface area (Å²) in [5, 5.41) is 10.0. The maximum atomic E-state index is 16.3. The fourth-order valence-corrected chi connectivity index (χ4v) is 10.7. The van der Waals surface area contributed by atoms with Gasteiger partial charge in [-0.1, -0.05) is 103 Å². The maximum absolute atomic E-state index is 16.3. The fraction of sp³-hybridized carbons (Fsp3) is 0.333. The monoisotopic (exact) mass is 894 g/mol. The van der Waals surface area contributed by atoms with E-state index < -0.39 is 59.4 Å². The van der Waals surface area contributed by atoms with Crippen molar-refractivity contribution in [3.05, 3.63) is 155 Å². The molecular weight excluding hydrogens is 845 g/mol. The number of amides is 3. The number of esters is 1. The number of hydrogen-bond donors (Lipinski definition) is 1. The summed E-state index contributed by atoms with van der Waals surface area (Å²) in [6, 6.07) is 35.8. The number of ether oxygens (including phenoxy) is 6. The van der Waals surface area contributed by atoms with Gasteiger partial charge in [0.1, 0.15) is 36.5 Å². The van der Waals surface area contributed by atoms with Gasteiger partial charge in [-0.25, -0.2) is 9.69 Å². The Morgan fingerprint density at radius 2 is 1.45 bits per heavy atom. The quantitative estimate of drug-likeness (QED) is 0.123. The van der Waals surface area contributed by atoms with Crippen LogP contribution in [-0.2, 0) is 40.6 Å². The van der Waals surface area contributed by atoms with Gasteiger partial charge in [0.25, 0.3) is 0 Å². The molecule has 0 bridgehead atoms. The number of nitrogens with zero attached hydrogens (tertiary/aromatic N) is 4. The zero-order chi connectivity index (χ0) is 45.4. The smallest absolute Gasteiger partial charge is 0.421 e. The van der Waals surface area contributed by atoms with Crippen molar-refractivity contribution in [1.29, 1.82) is 0 Å². The van der Waals surface area contributed by atoms with Crippen molar-refractivity contribution in [1.82, 2.24) is 14.7 Å². The standard InChI is InChI=1S/C51H50N4O11/c1-61-28-29-63-50(60)54-38-18-10-9-17-37(38)51(49(54)59)42(47(57)53-24-22-52(23-25-53)31-33-20-21-40-41(30-33)65-32-64-40)44-48(58)66-45(35-14-6-3-7-15-35)43(34-12-4-2-5-13-34)55(44)46(51)36-16-8-11-19-39(36)62-27-26-56/h2-21,30,42-46,56H,22-29,31-32H2,1H3. The van der Waals surface area contributed by atoms with E-state index in [1.807, 2.05) is 95.9 Å². The fourth-order valence-electron chi connectivity index (χ4n) is 10.7. The highest BCUT2D eigenvalue weighted by Gasteiger charge is 2.76. The van der Waals surface area contributed by atoms with Gasteiger partial charge in [-0.05, 0) is 46.5 Å². The summed E-state index contributed by atoms with van der Waals surface area (Å²) < 4.78 is 34.9. The number of imide groups is 1. The Morgan fingerprint density at radius 1 is 0.758 bits per heavy atom. The van der Waals surface area contributed by atoms with Crippen LogP contribution in [0.4, 0.5) is 10.5 Å². The molecular formula is C51H50N4O11. The molecule has 0 aromatic heterocycles. The molecule has 5 heterocycles. The molecule has 66 heavy (non-hydrogen) atoms. The van der Waals surface area contributed by atoms with Crippen molar-refractivity contribution < 1.29 is 52.7 Å². The van der Waals surface area contributed by atoms with Gasteiger partial charge >= 0.3 is 12.1 Å². The minimum atomic E-state index is -1.95. The van der Waals surface area contributed by atoms with Crippen LogP contribution < -0.4 is 19.1 Å². The Hall–Kier alpha value is -6.78. The molecule has 340 valence electrons. The Labute approximate surface area is 381 Å². The van der Waals surface area contributed by atoms with E-state index in [1.165, 1.54) is 7.11 Å². The summed E-state index contributed by atoms with van der Waals surface area (Å²) in [4.78, 5) is 69.1. The lowest BCUT2D eigenvalue weighted by Gasteiger charge is -2.46. The molecule has 3 saturated heterocycles. The molecule has 0 radical (unpaired) electrons. The molecule has 6 atom stereocenters. The van der Waals surface area contributed by atoms with Crippen molar-refractivity contribution in [2.75, 3.05) is 71.4 Å². The van der Waals surface area contributed by atoms with Crippen molar-refractivity contribution in [2.24, 2.45) is 5.92 Å². The van der Waals surface area contributed by atoms with Gasteiger partial charge in [-0.3, -0.25) is 24.2 Å². The van der Waals surface area contributed by atoms with Gasteiger partial charge in [0.2, 0.25) is 18.6 Å². The van der Waals surface area contributed by atoms with Crippen molar-refractivity contribution >= 4 is 29.6 Å². The van der Waals surface area contributed by atoms with Crippen molar-refractivity contribution in [3.63, 3.8) is 0 Å². The predicted molar refractivity (Wildman–Crippen MR) is 239 cm³/mol. The first-order valence-corrected chi connectivity index (χ1v) is 22.2. The van der Waals surface area contributed by atoms with Crippen LogP contribution in [0.5, 0.6) is 17.2 Å². The first-order chi connectivity index (χ1) is 32.3. The second-order valence-electron chi connectivity index (χ2n) is 16.9. The number of anilines is 1. The van der Waals surface area contributed by atoms with E-state index in [4.69, 9.17) is 28.4 Å². The van der Waals surface area contributed by atoms with E-state index in [9.17, 15) is 9.90 Å². The van der Waals surface area contributed by atoms with E-state index in [0.717, 1.165) is 16.0 Å². The zero-order valence-corrected chi connectivity index (χ0v) is 36.4. The summed E-state index contributed by atoms with van der Waals surface area (Å²) in [5.74, 6) is -1.52. The number of fused-ring (bicyclic) bond motifs is 4. The number of hydrogen-bond acceptors (Lipinski definition) is 13. The molecule has 0 saturated carbocycles. The summed E-state index contributed by atoms with van der Waals surface area (Å²) in [7, 11) is 1.48. The number of benzene rings is 5. The number of rotatable bonds is 12. The number of carbonyl (C=O) groups excluding carboxylic acids is 4. The molecule has 0 aliphatic carbocycles. The van der Waals surface area contributed by atoms with Gasteiger partial charge in [-0.15, -0.1) is 0 Å². The SMILES string of the molecule is COCCOC(=O)N1C(=O)C2(c3ccccc31)C(C(=O)N1CCN(Cc3ccc4c(c3)OCO4)CC1)C1C(=O)OC(c3ccccc3)C(c3ccccc3)N1C2c1ccccc1OCCO. The van der Waals surface area contributed by atoms with Crippen molar-refractivity contribution in [2.45, 2.75) is 36.2 Å². The third-order valence-electron chi connectivity index (χ3n) is 13.4. The summed E-state index contributed by atoms with van der Waals surface area (Å²) in [5.41, 5.74) is 1.68. The highest BCUT2D eigenvalue weighted by Crippen LogP contribution is 2.66. The Morgan fingerprint density at radius 3 is 2.21 bits per heavy atom. The third-order valence-corrected chi connectivity index (χ3v) is 13.4. The van der Waals surface area contributed by atoms with Crippen LogP contribution in [0.1, 0.15) is 46.0 Å². The number of para-hydroxylation sites is 2. The topological polar surface area (TPSA) is 157 Å². The molecule has 5 aliphatic heterocycles. The minimum absolute atomic E-state index is 0.0711. The summed E-state index contributed by atoms with van der Waals surface area (Å²) in [6.45, 7) is 1.97. The Balaban J connectivity index is 1.16. The molecule has 1 spiro atoms. The molecule has 6 unspecified atom stereocenters. The number of morpholine rings is 1. The Bertz CT molecular complexity index is 2610. The molecule has 5 aliphatic rings. The average Bonchev–Trinajstić information content (AvgIpc) is 4.03. The highest BCUT2D eigenvalue weighted by molar-refractivity contribution is 6.23. The molecule has 15 heteroatoms. The van der Waals surface area contributed by atoms with Crippen LogP contribution in [0.2, 0.25) is 0 Å². The third kappa shape index (κ3) is 7.32. The van der Waals surface area contributed by atoms with E-state index in [1.54, 1.807) is 41.3 Å². The van der Waals surface area contributed by atoms with E-state index in [-0.39, 0.29) is 38.9 Å². The van der Waals surface area contributed by atoms with Crippen LogP contribution in [0.15, 0.2) is 127 Å². The molecule has 3 amide bonds. The lowest BCUT2D eigenvalue weighted by atomic mass is 9.65. The number of methoxy groups -OCH3 is 1. The maximum Gasteiger partial charge on any atom is 0.421 e. The van der Waals surface area contributed by atoms with Gasteiger partial charge < -0.3 is 38.4 Å². The lowest BCUT2D eigenvalue weighted by Crippen LogP contribution is -2.59. The zero-order valence-electron chi connectivity index (χ0n) is 36.4. The number of piperazine rings is 1. The van der Waals surface area contributed by atoms with Gasteiger partial charge in [0, 0.05) is 45.4 Å².